The van der Waals surface area contributed by atoms with Crippen LogP contribution in [0.2, 0.25) is 0 Å². The molecule has 0 N–H and O–H groups in total. The first-order valence-corrected chi connectivity index (χ1v) is 11.6. The summed E-state index contributed by atoms with van der Waals surface area (Å²) in [7, 11) is 0. The second kappa shape index (κ2) is 11.1. The van der Waals surface area contributed by atoms with Crippen LogP contribution in [0.4, 0.5) is 0 Å². The molecular formula is C28H28O6. The van der Waals surface area contributed by atoms with E-state index in [0.717, 1.165) is 21.5 Å². The molecule has 0 atom stereocenters. The van der Waals surface area contributed by atoms with Crippen molar-refractivity contribution in [3.63, 3.8) is 0 Å². The van der Waals surface area contributed by atoms with Crippen LogP contribution in [0.15, 0.2) is 72.8 Å². The standard InChI is InChI=1S/C28H28O6/c1-2-6-22-18-26-25(17-21(22)5-1)31-13-9-29-11-15-33-27-19-23-7-3-4-8-24(23)20-28(27)34-16-12-30-10-14-32-26/h1-8,17-20H,9-16H2. The summed E-state index contributed by atoms with van der Waals surface area (Å²) in [5.74, 6) is 2.79. The largest absolute Gasteiger partial charge is 0.487 e. The third-order valence-corrected chi connectivity index (χ3v) is 5.57. The van der Waals surface area contributed by atoms with Crippen molar-refractivity contribution in [3.05, 3.63) is 72.8 Å². The lowest BCUT2D eigenvalue weighted by molar-refractivity contribution is 0.0641. The van der Waals surface area contributed by atoms with Crippen LogP contribution in [0.3, 0.4) is 0 Å². The Kier molecular flexibility index (Phi) is 7.28. The molecule has 0 aliphatic carbocycles. The van der Waals surface area contributed by atoms with Gasteiger partial charge in [0, 0.05) is 0 Å². The van der Waals surface area contributed by atoms with Gasteiger partial charge >= 0.3 is 0 Å². The minimum atomic E-state index is 0.412. The van der Waals surface area contributed by atoms with E-state index in [0.29, 0.717) is 75.9 Å². The normalized spacial score (nSPS) is 16.0. The van der Waals surface area contributed by atoms with Gasteiger partial charge in [0.05, 0.1) is 26.4 Å². The van der Waals surface area contributed by atoms with Crippen molar-refractivity contribution in [2.45, 2.75) is 0 Å². The van der Waals surface area contributed by atoms with Crippen LogP contribution in [0.5, 0.6) is 23.0 Å². The van der Waals surface area contributed by atoms with Crippen LogP contribution in [0.25, 0.3) is 21.5 Å². The third-order valence-electron chi connectivity index (χ3n) is 5.57. The van der Waals surface area contributed by atoms with Gasteiger partial charge in [-0.15, -0.1) is 0 Å². The summed E-state index contributed by atoms with van der Waals surface area (Å²) >= 11 is 0. The van der Waals surface area contributed by atoms with Crippen LogP contribution in [-0.2, 0) is 9.47 Å². The predicted molar refractivity (Wildman–Crippen MR) is 132 cm³/mol. The summed E-state index contributed by atoms with van der Waals surface area (Å²) in [6, 6.07) is 24.3. The highest BCUT2D eigenvalue weighted by Crippen LogP contribution is 2.34. The highest BCUT2D eigenvalue weighted by Gasteiger charge is 2.11. The van der Waals surface area contributed by atoms with Crippen molar-refractivity contribution >= 4 is 21.5 Å². The Balaban J connectivity index is 1.27. The van der Waals surface area contributed by atoms with Gasteiger partial charge in [0.1, 0.15) is 26.4 Å². The second-order valence-electron chi connectivity index (χ2n) is 7.91. The van der Waals surface area contributed by atoms with E-state index in [1.54, 1.807) is 0 Å². The molecule has 0 aromatic heterocycles. The molecule has 4 aromatic carbocycles. The Morgan fingerprint density at radius 3 is 0.882 bits per heavy atom. The first-order valence-electron chi connectivity index (χ1n) is 11.6. The van der Waals surface area contributed by atoms with Crippen molar-refractivity contribution in [2.75, 3.05) is 52.9 Å². The summed E-state index contributed by atoms with van der Waals surface area (Å²) < 4.78 is 35.4. The van der Waals surface area contributed by atoms with Gasteiger partial charge in [-0.1, -0.05) is 48.5 Å². The van der Waals surface area contributed by atoms with E-state index in [9.17, 15) is 0 Å². The Morgan fingerprint density at radius 1 is 0.353 bits per heavy atom. The fourth-order valence-electron chi connectivity index (χ4n) is 3.89. The molecule has 1 heterocycles. The fourth-order valence-corrected chi connectivity index (χ4v) is 3.89. The molecule has 0 radical (unpaired) electrons. The number of benzene rings is 4. The molecule has 0 saturated heterocycles. The van der Waals surface area contributed by atoms with Gasteiger partial charge in [0.15, 0.2) is 23.0 Å². The van der Waals surface area contributed by atoms with E-state index in [1.165, 1.54) is 0 Å². The summed E-state index contributed by atoms with van der Waals surface area (Å²) in [4.78, 5) is 0. The number of hydrogen-bond acceptors (Lipinski definition) is 6. The molecule has 34 heavy (non-hydrogen) atoms. The van der Waals surface area contributed by atoms with E-state index in [4.69, 9.17) is 28.4 Å². The van der Waals surface area contributed by atoms with Crippen molar-refractivity contribution in [2.24, 2.45) is 0 Å². The smallest absolute Gasteiger partial charge is 0.161 e. The molecule has 0 amide bonds. The van der Waals surface area contributed by atoms with Crippen LogP contribution < -0.4 is 18.9 Å². The van der Waals surface area contributed by atoms with Gasteiger partial charge in [0.25, 0.3) is 0 Å². The monoisotopic (exact) mass is 460 g/mol. The summed E-state index contributed by atoms with van der Waals surface area (Å²) in [6.45, 7) is 3.43. The Hall–Kier alpha value is -3.48. The van der Waals surface area contributed by atoms with E-state index in [1.807, 2.05) is 48.5 Å². The molecule has 176 valence electrons. The number of ether oxygens (including phenoxy) is 6. The molecule has 0 spiro atoms. The zero-order chi connectivity index (χ0) is 23.0. The average molecular weight is 461 g/mol. The highest BCUT2D eigenvalue weighted by molar-refractivity contribution is 5.86. The number of hydrogen-bond donors (Lipinski definition) is 0. The zero-order valence-electron chi connectivity index (χ0n) is 19.0. The Morgan fingerprint density at radius 2 is 0.618 bits per heavy atom. The van der Waals surface area contributed by atoms with Crippen molar-refractivity contribution in [3.8, 4) is 23.0 Å². The minimum absolute atomic E-state index is 0.412. The number of rotatable bonds is 0. The third kappa shape index (κ3) is 5.53. The second-order valence-corrected chi connectivity index (χ2v) is 7.91. The molecule has 0 fully saturated rings. The molecule has 0 bridgehead atoms. The van der Waals surface area contributed by atoms with E-state index in [2.05, 4.69) is 24.3 Å². The topological polar surface area (TPSA) is 55.4 Å². The maximum Gasteiger partial charge on any atom is 0.161 e. The molecule has 6 nitrogen and oxygen atoms in total. The van der Waals surface area contributed by atoms with Crippen LogP contribution in [0, 0.1) is 0 Å². The Bertz CT molecular complexity index is 1050. The molecule has 0 unspecified atom stereocenters. The lowest BCUT2D eigenvalue weighted by Crippen LogP contribution is -2.15. The first-order chi connectivity index (χ1) is 16.9. The van der Waals surface area contributed by atoms with Crippen LogP contribution >= 0.6 is 0 Å². The molecule has 5 rings (SSSR count). The number of fused-ring (bicyclic) bond motifs is 4. The van der Waals surface area contributed by atoms with Crippen molar-refractivity contribution in [1.82, 2.24) is 0 Å². The maximum absolute atomic E-state index is 5.99. The minimum Gasteiger partial charge on any atom is -0.487 e. The molecular weight excluding hydrogens is 432 g/mol. The van der Waals surface area contributed by atoms with E-state index >= 15 is 0 Å². The summed E-state index contributed by atoms with van der Waals surface area (Å²) in [5, 5.41) is 4.39. The van der Waals surface area contributed by atoms with Gasteiger partial charge in [-0.2, -0.15) is 0 Å². The lowest BCUT2D eigenvalue weighted by Gasteiger charge is -2.16. The van der Waals surface area contributed by atoms with E-state index < -0.39 is 0 Å². The van der Waals surface area contributed by atoms with Gasteiger partial charge in [0.2, 0.25) is 0 Å². The maximum atomic E-state index is 5.99. The quantitative estimate of drug-likeness (QED) is 0.357. The molecule has 1 aliphatic heterocycles. The first kappa shape index (κ1) is 22.3. The van der Waals surface area contributed by atoms with Gasteiger partial charge in [-0.05, 0) is 45.8 Å². The predicted octanol–water partition coefficient (Wildman–Crippen LogP) is 5.26. The fraction of sp³-hybridized carbons (Fsp3) is 0.286. The average Bonchev–Trinajstić information content (AvgIpc) is 2.87. The highest BCUT2D eigenvalue weighted by atomic mass is 16.6. The summed E-state index contributed by atoms with van der Waals surface area (Å²) in [5.41, 5.74) is 0. The van der Waals surface area contributed by atoms with Crippen molar-refractivity contribution < 1.29 is 28.4 Å². The molecule has 4 aromatic rings. The summed E-state index contributed by atoms with van der Waals surface area (Å²) in [6.07, 6.45) is 0. The SMILES string of the molecule is c1ccc2cc3c(cc2c1)OCCOCCOc1cc2ccccc2cc1OCCOCCO3. The van der Waals surface area contributed by atoms with Gasteiger partial charge in [-0.3, -0.25) is 0 Å². The zero-order valence-corrected chi connectivity index (χ0v) is 19.0. The molecule has 6 heteroatoms. The molecule has 0 saturated carbocycles. The lowest BCUT2D eigenvalue weighted by atomic mass is 10.1. The van der Waals surface area contributed by atoms with E-state index in [-0.39, 0.29) is 0 Å². The van der Waals surface area contributed by atoms with Crippen LogP contribution in [0.1, 0.15) is 0 Å². The van der Waals surface area contributed by atoms with Gasteiger partial charge in [-0.25, -0.2) is 0 Å². The van der Waals surface area contributed by atoms with Crippen LogP contribution in [-0.4, -0.2) is 52.9 Å². The van der Waals surface area contributed by atoms with Gasteiger partial charge < -0.3 is 28.4 Å². The van der Waals surface area contributed by atoms with Crippen molar-refractivity contribution in [1.29, 1.82) is 0 Å². The molecule has 1 aliphatic rings. The Labute approximate surface area is 198 Å².